The Morgan fingerprint density at radius 3 is 1.91 bits per heavy atom. The Morgan fingerprint density at radius 2 is 1.46 bits per heavy atom. The summed E-state index contributed by atoms with van der Waals surface area (Å²) in [7, 11) is 0. The molecule has 2 aromatic rings. The molecule has 2 unspecified atom stereocenters. The van der Waals surface area contributed by atoms with E-state index >= 15 is 0 Å². The third-order valence-corrected chi connectivity index (χ3v) is 7.07. The molecule has 35 heavy (non-hydrogen) atoms. The first-order valence-electron chi connectivity index (χ1n) is 12.1. The molecule has 0 bridgehead atoms. The molecule has 1 saturated carbocycles. The summed E-state index contributed by atoms with van der Waals surface area (Å²) < 4.78 is 13.2. The molecule has 2 aromatic carbocycles. The van der Waals surface area contributed by atoms with Crippen LogP contribution in [0.15, 0.2) is 42.5 Å². The summed E-state index contributed by atoms with van der Waals surface area (Å²) >= 11 is 11.5. The molecule has 7 heteroatoms. The van der Waals surface area contributed by atoms with Gasteiger partial charge in [-0.05, 0) is 61.1 Å². The maximum Gasteiger partial charge on any atom is 0.142 e. The van der Waals surface area contributed by atoms with Crippen LogP contribution in [0.3, 0.4) is 0 Å². The number of ketones is 2. The Balaban J connectivity index is 0.000000247. The summed E-state index contributed by atoms with van der Waals surface area (Å²) in [6.07, 6.45) is 3.11. The minimum Gasteiger partial charge on any atom is -0.330 e. The van der Waals surface area contributed by atoms with Gasteiger partial charge in [0.05, 0.1) is 5.02 Å². The minimum atomic E-state index is -0.461. The molecule has 1 aliphatic carbocycles. The molecule has 0 heterocycles. The van der Waals surface area contributed by atoms with E-state index in [2.05, 4.69) is 0 Å². The number of Topliss-reactive ketones (excluding diaryl/α,β-unsaturated/α-hetero) is 2. The summed E-state index contributed by atoms with van der Waals surface area (Å²) in [5.74, 6) is -0.386. The van der Waals surface area contributed by atoms with Crippen LogP contribution in [0.2, 0.25) is 10.0 Å². The first kappa shape index (κ1) is 29.4. The number of rotatable bonds is 10. The van der Waals surface area contributed by atoms with Crippen LogP contribution in [-0.2, 0) is 22.4 Å². The SMILES string of the molecule is CC(C)C(=O)C(CN)Cc1ccc(Cl)c(F)c1.CC(C)C(=O)C(Cc1ccc(Cl)cc1)C1(N)CC1. The number of carbonyl (C=O) groups excluding carboxylic acids is 2. The monoisotopic (exact) mass is 522 g/mol. The largest absolute Gasteiger partial charge is 0.330 e. The highest BCUT2D eigenvalue weighted by atomic mass is 35.5. The summed E-state index contributed by atoms with van der Waals surface area (Å²) in [5.41, 5.74) is 13.5. The normalized spacial score (nSPS) is 15.9. The Labute approximate surface area is 218 Å². The third-order valence-electron chi connectivity index (χ3n) is 6.51. The molecule has 3 rings (SSSR count). The van der Waals surface area contributed by atoms with Gasteiger partial charge in [-0.25, -0.2) is 4.39 Å². The van der Waals surface area contributed by atoms with Crippen LogP contribution in [0.5, 0.6) is 0 Å². The summed E-state index contributed by atoms with van der Waals surface area (Å²) in [6, 6.07) is 12.3. The van der Waals surface area contributed by atoms with E-state index in [-0.39, 0.29) is 52.3 Å². The lowest BCUT2D eigenvalue weighted by atomic mass is 9.83. The molecule has 0 radical (unpaired) electrons. The van der Waals surface area contributed by atoms with Crippen molar-refractivity contribution in [3.63, 3.8) is 0 Å². The second-order valence-corrected chi connectivity index (χ2v) is 11.0. The van der Waals surface area contributed by atoms with E-state index < -0.39 is 5.82 Å². The standard InChI is InChI=1S/C15H20ClNO.C13H17ClFNO/c1-10(2)14(18)13(15(17)7-8-15)9-11-3-5-12(16)6-4-11;1-8(2)13(17)10(7-16)5-9-3-4-11(14)12(15)6-9/h3-6,10,13H,7-9,17H2,1-2H3;3-4,6,8,10H,5,7,16H2,1-2H3. The van der Waals surface area contributed by atoms with Crippen molar-refractivity contribution >= 4 is 34.8 Å². The Morgan fingerprint density at radius 1 is 0.914 bits per heavy atom. The molecule has 1 aliphatic rings. The van der Waals surface area contributed by atoms with Crippen molar-refractivity contribution < 1.29 is 14.0 Å². The summed E-state index contributed by atoms with van der Waals surface area (Å²) in [5, 5.41) is 0.813. The van der Waals surface area contributed by atoms with Crippen LogP contribution < -0.4 is 11.5 Å². The molecule has 2 atom stereocenters. The van der Waals surface area contributed by atoms with Crippen molar-refractivity contribution in [2.45, 2.75) is 58.9 Å². The van der Waals surface area contributed by atoms with Crippen molar-refractivity contribution in [3.05, 3.63) is 69.5 Å². The van der Waals surface area contributed by atoms with Crippen LogP contribution in [0.1, 0.15) is 51.7 Å². The molecule has 1 fully saturated rings. The second kappa shape index (κ2) is 13.0. The maximum atomic E-state index is 13.2. The van der Waals surface area contributed by atoms with Crippen LogP contribution >= 0.6 is 23.2 Å². The van der Waals surface area contributed by atoms with Gasteiger partial charge in [-0.3, -0.25) is 9.59 Å². The van der Waals surface area contributed by atoms with Crippen molar-refractivity contribution in [2.24, 2.45) is 35.1 Å². The molecular weight excluding hydrogens is 486 g/mol. The number of hydrogen-bond donors (Lipinski definition) is 2. The lowest BCUT2D eigenvalue weighted by Gasteiger charge is -2.24. The first-order valence-corrected chi connectivity index (χ1v) is 12.9. The number of carbonyl (C=O) groups is 2. The maximum absolute atomic E-state index is 13.2. The Bertz CT molecular complexity index is 1000. The zero-order valence-electron chi connectivity index (χ0n) is 21.0. The molecule has 0 saturated heterocycles. The highest BCUT2D eigenvalue weighted by molar-refractivity contribution is 6.30. The lowest BCUT2D eigenvalue weighted by Crippen LogP contribution is -2.41. The molecule has 0 aromatic heterocycles. The third kappa shape index (κ3) is 8.68. The van der Waals surface area contributed by atoms with Crippen LogP contribution in [0.4, 0.5) is 4.39 Å². The van der Waals surface area contributed by atoms with E-state index in [1.807, 2.05) is 52.0 Å². The topological polar surface area (TPSA) is 86.2 Å². The molecular formula is C28H37Cl2FN2O2. The zero-order chi connectivity index (χ0) is 26.3. The van der Waals surface area contributed by atoms with Gasteiger partial charge < -0.3 is 11.5 Å². The summed E-state index contributed by atoms with van der Waals surface area (Å²) in [4.78, 5) is 24.1. The van der Waals surface area contributed by atoms with Gasteiger partial charge >= 0.3 is 0 Å². The highest BCUT2D eigenvalue weighted by Gasteiger charge is 2.49. The van der Waals surface area contributed by atoms with Gasteiger partial charge in [0.2, 0.25) is 0 Å². The number of halogens is 3. The van der Waals surface area contributed by atoms with Gasteiger partial charge in [-0.1, -0.05) is 69.1 Å². The molecule has 4 nitrogen and oxygen atoms in total. The minimum absolute atomic E-state index is 0.0447. The second-order valence-electron chi connectivity index (χ2n) is 10.1. The van der Waals surface area contributed by atoms with Gasteiger partial charge in [-0.15, -0.1) is 0 Å². The lowest BCUT2D eigenvalue weighted by molar-refractivity contribution is -0.127. The Hall–Kier alpha value is -1.79. The van der Waals surface area contributed by atoms with E-state index in [0.717, 1.165) is 35.4 Å². The van der Waals surface area contributed by atoms with Gasteiger partial charge in [-0.2, -0.15) is 0 Å². The highest BCUT2D eigenvalue weighted by Crippen LogP contribution is 2.42. The smallest absolute Gasteiger partial charge is 0.142 e. The van der Waals surface area contributed by atoms with Gasteiger partial charge in [0.1, 0.15) is 17.4 Å². The first-order chi connectivity index (χ1) is 16.4. The predicted molar refractivity (Wildman–Crippen MR) is 142 cm³/mol. The zero-order valence-corrected chi connectivity index (χ0v) is 22.5. The van der Waals surface area contributed by atoms with E-state index in [4.69, 9.17) is 34.7 Å². The van der Waals surface area contributed by atoms with Gasteiger partial charge in [0.25, 0.3) is 0 Å². The van der Waals surface area contributed by atoms with Crippen molar-refractivity contribution in [1.29, 1.82) is 0 Å². The average molecular weight is 524 g/mol. The fourth-order valence-corrected chi connectivity index (χ4v) is 4.30. The van der Waals surface area contributed by atoms with Crippen molar-refractivity contribution in [2.75, 3.05) is 6.54 Å². The van der Waals surface area contributed by atoms with Crippen LogP contribution in [-0.4, -0.2) is 23.7 Å². The fraction of sp³-hybridized carbons (Fsp3) is 0.500. The van der Waals surface area contributed by atoms with E-state index in [0.29, 0.717) is 6.42 Å². The molecule has 192 valence electrons. The molecule has 0 spiro atoms. The summed E-state index contributed by atoms with van der Waals surface area (Å²) in [6.45, 7) is 7.86. The van der Waals surface area contributed by atoms with Crippen LogP contribution in [0, 0.1) is 29.5 Å². The quantitative estimate of drug-likeness (QED) is 0.398. The van der Waals surface area contributed by atoms with Crippen LogP contribution in [0.25, 0.3) is 0 Å². The van der Waals surface area contributed by atoms with Crippen molar-refractivity contribution in [3.8, 4) is 0 Å². The number of benzene rings is 2. The van der Waals surface area contributed by atoms with Crippen molar-refractivity contribution in [1.82, 2.24) is 0 Å². The molecule has 0 amide bonds. The number of hydrogen-bond acceptors (Lipinski definition) is 4. The van der Waals surface area contributed by atoms with Gasteiger partial charge in [0.15, 0.2) is 0 Å². The molecule has 0 aliphatic heterocycles. The Kier molecular flexibility index (Phi) is 10.9. The fourth-order valence-electron chi connectivity index (χ4n) is 4.06. The van der Waals surface area contributed by atoms with E-state index in [1.165, 1.54) is 12.1 Å². The predicted octanol–water partition coefficient (Wildman–Crippen LogP) is 6.04. The van der Waals surface area contributed by atoms with E-state index in [9.17, 15) is 14.0 Å². The molecule has 4 N–H and O–H groups in total. The van der Waals surface area contributed by atoms with Gasteiger partial charge in [0, 0.05) is 40.8 Å². The average Bonchev–Trinajstić information content (AvgIpc) is 3.56. The number of nitrogens with two attached hydrogens (primary N) is 2. The van der Waals surface area contributed by atoms with E-state index in [1.54, 1.807) is 6.07 Å².